The second-order valence-corrected chi connectivity index (χ2v) is 8.75. The van der Waals surface area contributed by atoms with Crippen molar-refractivity contribution < 1.29 is 14.3 Å². The second-order valence-electron chi connectivity index (χ2n) is 7.99. The Balaban J connectivity index is 1.61. The zero-order valence-electron chi connectivity index (χ0n) is 17.1. The summed E-state index contributed by atoms with van der Waals surface area (Å²) in [6, 6.07) is 1.71. The Kier molecular flexibility index (Phi) is 5.73. The fraction of sp³-hybridized carbons (Fsp3) is 0.455. The van der Waals surface area contributed by atoms with Crippen LogP contribution < -0.4 is 14.8 Å². The summed E-state index contributed by atoms with van der Waals surface area (Å²) in [6.45, 7) is 4.10. The minimum absolute atomic E-state index is 0.0654. The number of amides is 1. The molecule has 2 N–H and O–H groups in total. The molecule has 6 nitrogen and oxygen atoms in total. The summed E-state index contributed by atoms with van der Waals surface area (Å²) >= 11 is 13.3. The Hall–Kier alpha value is -2.18. The lowest BCUT2D eigenvalue weighted by atomic mass is 9.80. The van der Waals surface area contributed by atoms with Crippen molar-refractivity contribution in [2.24, 2.45) is 0 Å². The van der Waals surface area contributed by atoms with Crippen molar-refractivity contribution in [1.29, 1.82) is 0 Å². The Bertz CT molecular complexity index is 970. The van der Waals surface area contributed by atoms with Gasteiger partial charge in [0.15, 0.2) is 0 Å². The van der Waals surface area contributed by atoms with Crippen LogP contribution in [0.3, 0.4) is 0 Å². The number of hydrogen-bond donors (Lipinski definition) is 2. The lowest BCUT2D eigenvalue weighted by Gasteiger charge is -2.26. The van der Waals surface area contributed by atoms with Crippen LogP contribution in [0.1, 0.15) is 47.7 Å². The smallest absolute Gasteiger partial charge is 0.243 e. The van der Waals surface area contributed by atoms with E-state index in [4.69, 9.17) is 32.7 Å². The van der Waals surface area contributed by atoms with Crippen LogP contribution in [0.25, 0.3) is 0 Å². The Labute approximate surface area is 185 Å². The number of aromatic nitrogens is 2. The van der Waals surface area contributed by atoms with Gasteiger partial charge in [-0.15, -0.1) is 0 Å². The quantitative estimate of drug-likeness (QED) is 0.616. The third kappa shape index (κ3) is 3.56. The highest BCUT2D eigenvalue weighted by Gasteiger charge is 2.48. The topological polar surface area (TPSA) is 76.2 Å². The number of fused-ring (bicyclic) bond motifs is 1. The summed E-state index contributed by atoms with van der Waals surface area (Å²) in [4.78, 5) is 11.6. The van der Waals surface area contributed by atoms with Gasteiger partial charge in [-0.05, 0) is 49.7 Å². The van der Waals surface area contributed by atoms with Crippen molar-refractivity contribution >= 4 is 29.1 Å². The Morgan fingerprint density at radius 1 is 1.33 bits per heavy atom. The van der Waals surface area contributed by atoms with E-state index in [9.17, 15) is 4.79 Å². The van der Waals surface area contributed by atoms with E-state index in [2.05, 4.69) is 22.1 Å². The molecule has 8 heteroatoms. The summed E-state index contributed by atoms with van der Waals surface area (Å²) in [5, 5.41) is 11.9. The zero-order chi connectivity index (χ0) is 21.5. The molecule has 1 atom stereocenters. The molecule has 0 aliphatic heterocycles. The molecule has 2 aliphatic rings. The van der Waals surface area contributed by atoms with Crippen LogP contribution in [0.4, 0.5) is 0 Å². The fourth-order valence-electron chi connectivity index (χ4n) is 4.43. The third-order valence-electron chi connectivity index (χ3n) is 6.30. The van der Waals surface area contributed by atoms with E-state index in [0.717, 1.165) is 49.1 Å². The number of hydrogen-bond acceptors (Lipinski definition) is 4. The Morgan fingerprint density at radius 3 is 2.57 bits per heavy atom. The number of nitrogens with zero attached hydrogens (tertiary/aromatic N) is 1. The maximum atomic E-state index is 11.6. The third-order valence-corrected chi connectivity index (χ3v) is 7.08. The van der Waals surface area contributed by atoms with Gasteiger partial charge in [0, 0.05) is 29.3 Å². The van der Waals surface area contributed by atoms with E-state index in [1.165, 1.54) is 11.6 Å². The molecular formula is C22H25Cl2N3O3. The van der Waals surface area contributed by atoms with Crippen LogP contribution in [0.2, 0.25) is 10.0 Å². The van der Waals surface area contributed by atoms with E-state index < -0.39 is 0 Å². The predicted octanol–water partition coefficient (Wildman–Crippen LogP) is 4.34. The summed E-state index contributed by atoms with van der Waals surface area (Å²) in [5.41, 5.74) is 4.25. The van der Waals surface area contributed by atoms with E-state index in [0.29, 0.717) is 28.1 Å². The summed E-state index contributed by atoms with van der Waals surface area (Å²) in [6.07, 6.45) is 5.87. The van der Waals surface area contributed by atoms with Gasteiger partial charge in [0.2, 0.25) is 5.91 Å². The lowest BCUT2D eigenvalue weighted by molar-refractivity contribution is -0.116. The van der Waals surface area contributed by atoms with Crippen LogP contribution in [-0.4, -0.2) is 36.9 Å². The van der Waals surface area contributed by atoms with Gasteiger partial charge in [-0.2, -0.15) is 5.10 Å². The van der Waals surface area contributed by atoms with Crippen LogP contribution in [0.15, 0.2) is 18.7 Å². The predicted molar refractivity (Wildman–Crippen MR) is 117 cm³/mol. The van der Waals surface area contributed by atoms with Gasteiger partial charge in [0.1, 0.15) is 11.5 Å². The fourth-order valence-corrected chi connectivity index (χ4v) is 5.24. The number of halogens is 2. The van der Waals surface area contributed by atoms with Crippen molar-refractivity contribution in [1.82, 2.24) is 15.5 Å². The van der Waals surface area contributed by atoms with Gasteiger partial charge in [0.25, 0.3) is 0 Å². The largest absolute Gasteiger partial charge is 0.495 e. The first kappa shape index (κ1) is 21.1. The molecule has 0 radical (unpaired) electrons. The van der Waals surface area contributed by atoms with Gasteiger partial charge < -0.3 is 14.8 Å². The minimum Gasteiger partial charge on any atom is -0.495 e. The van der Waals surface area contributed by atoms with Gasteiger partial charge >= 0.3 is 0 Å². The number of aromatic amines is 1. The van der Waals surface area contributed by atoms with E-state index >= 15 is 0 Å². The van der Waals surface area contributed by atoms with Crippen molar-refractivity contribution in [3.8, 4) is 11.5 Å². The number of ether oxygens (including phenoxy) is 2. The summed E-state index contributed by atoms with van der Waals surface area (Å²) < 4.78 is 10.8. The molecule has 1 unspecified atom stereocenters. The van der Waals surface area contributed by atoms with Crippen LogP contribution in [-0.2, 0) is 23.1 Å². The molecule has 0 saturated heterocycles. The van der Waals surface area contributed by atoms with Crippen molar-refractivity contribution in [2.75, 3.05) is 20.8 Å². The van der Waals surface area contributed by atoms with E-state index in [1.807, 2.05) is 0 Å². The molecule has 2 aromatic rings. The maximum Gasteiger partial charge on any atom is 0.243 e. The molecule has 1 fully saturated rings. The molecule has 0 spiro atoms. The van der Waals surface area contributed by atoms with Crippen molar-refractivity contribution in [3.63, 3.8) is 0 Å². The molecule has 0 bridgehead atoms. The zero-order valence-corrected chi connectivity index (χ0v) is 18.6. The molecule has 2 aliphatic carbocycles. The molecule has 1 aromatic carbocycles. The van der Waals surface area contributed by atoms with Crippen molar-refractivity contribution in [2.45, 2.75) is 43.4 Å². The molecule has 4 rings (SSSR count). The average molecular weight is 450 g/mol. The molecular weight excluding hydrogens is 425 g/mol. The summed E-state index contributed by atoms with van der Waals surface area (Å²) in [7, 11) is 3.16. The molecule has 30 heavy (non-hydrogen) atoms. The first-order valence-electron chi connectivity index (χ1n) is 10.0. The average Bonchev–Trinajstić information content (AvgIpc) is 3.42. The highest BCUT2D eigenvalue weighted by molar-refractivity contribution is 6.38. The monoisotopic (exact) mass is 449 g/mol. The minimum atomic E-state index is -0.151. The maximum absolute atomic E-state index is 11.6. The SMILES string of the molecule is C=CC(=O)NCC1(c2n[nH]c3c2CCC(c2c(Cl)c(OC)cc(OC)c2Cl)C3)CC1. The number of carbonyl (C=O) groups excluding carboxylic acids is 1. The van der Waals surface area contributed by atoms with E-state index in [1.54, 1.807) is 20.3 Å². The van der Waals surface area contributed by atoms with Crippen LogP contribution in [0.5, 0.6) is 11.5 Å². The van der Waals surface area contributed by atoms with E-state index in [-0.39, 0.29) is 17.2 Å². The number of benzene rings is 1. The highest BCUT2D eigenvalue weighted by atomic mass is 35.5. The normalized spacial score (nSPS) is 19.0. The molecule has 160 valence electrons. The standard InChI is InChI=1S/C22H25Cl2N3O3/c1-4-17(28)25-11-22(7-8-22)21-13-6-5-12(9-14(13)26-27-21)18-19(23)15(29-2)10-16(30-3)20(18)24/h4,10,12H,1,5-9,11H2,2-3H3,(H,25,28)(H,26,27). The number of H-pyrrole nitrogens is 1. The molecule has 1 aromatic heterocycles. The first-order valence-corrected chi connectivity index (χ1v) is 10.8. The van der Waals surface area contributed by atoms with Gasteiger partial charge in [-0.3, -0.25) is 9.89 Å². The highest BCUT2D eigenvalue weighted by Crippen LogP contribution is 2.51. The number of nitrogens with one attached hydrogen (secondary N) is 2. The molecule has 1 amide bonds. The second kappa shape index (κ2) is 8.16. The van der Waals surface area contributed by atoms with Crippen LogP contribution >= 0.6 is 23.2 Å². The van der Waals surface area contributed by atoms with Crippen LogP contribution in [0, 0.1) is 0 Å². The number of methoxy groups -OCH3 is 2. The first-order chi connectivity index (χ1) is 14.4. The van der Waals surface area contributed by atoms with Gasteiger partial charge in [-0.1, -0.05) is 29.8 Å². The molecule has 1 saturated carbocycles. The number of rotatable bonds is 7. The lowest BCUT2D eigenvalue weighted by Crippen LogP contribution is -2.32. The number of carbonyl (C=O) groups is 1. The Morgan fingerprint density at radius 2 is 2.00 bits per heavy atom. The van der Waals surface area contributed by atoms with Crippen molar-refractivity contribution in [3.05, 3.63) is 51.3 Å². The van der Waals surface area contributed by atoms with Gasteiger partial charge in [0.05, 0.1) is 30.0 Å². The summed E-state index contributed by atoms with van der Waals surface area (Å²) in [5.74, 6) is 1.09. The molecule has 1 heterocycles. The van der Waals surface area contributed by atoms with Gasteiger partial charge in [-0.25, -0.2) is 0 Å².